The Hall–Kier alpha value is 0.290. The number of hydrogen-bond donors (Lipinski definition) is 0. The molecule has 19 heavy (non-hydrogen) atoms. The zero-order valence-corrected chi connectivity index (χ0v) is 14.0. The average Bonchev–Trinajstić information content (AvgIpc) is 2.24. The molecule has 0 aromatic heterocycles. The number of aliphatic imine (C=N–C) groups is 1. The molecule has 0 saturated carbocycles. The van der Waals surface area contributed by atoms with E-state index in [2.05, 4.69) is 4.99 Å². The Morgan fingerprint density at radius 3 is 2.00 bits per heavy atom. The maximum absolute atomic E-state index is 12.3. The summed E-state index contributed by atoms with van der Waals surface area (Å²) >= 11 is 27.7. The highest BCUT2D eigenvalue weighted by molar-refractivity contribution is 7.92. The molecule has 0 aliphatic heterocycles. The topological polar surface area (TPSA) is 46.5 Å². The van der Waals surface area contributed by atoms with Gasteiger partial charge in [0, 0.05) is 0 Å². The lowest BCUT2D eigenvalue weighted by atomic mass is 10.2. The van der Waals surface area contributed by atoms with E-state index in [4.69, 9.17) is 58.0 Å². The molecule has 0 aliphatic rings. The second-order valence-electron chi connectivity index (χ2n) is 3.62. The highest BCUT2D eigenvalue weighted by Gasteiger charge is 2.43. The van der Waals surface area contributed by atoms with Gasteiger partial charge in [-0.1, -0.05) is 52.5 Å². The van der Waals surface area contributed by atoms with Crippen LogP contribution in [0.15, 0.2) is 34.2 Å². The van der Waals surface area contributed by atoms with Gasteiger partial charge in [0.25, 0.3) is 0 Å². The minimum absolute atomic E-state index is 0.0345. The summed E-state index contributed by atoms with van der Waals surface area (Å²) in [6.07, 6.45) is 0. The fraction of sp³-hybridized carbons (Fsp3) is 0.300. The van der Waals surface area contributed by atoms with Gasteiger partial charge in [0.2, 0.25) is 19.0 Å². The summed E-state index contributed by atoms with van der Waals surface area (Å²) in [6, 6.07) is 6.03. The third-order valence-electron chi connectivity index (χ3n) is 2.14. The molecule has 0 spiro atoms. The number of halogens is 5. The van der Waals surface area contributed by atoms with Crippen LogP contribution in [-0.4, -0.2) is 22.2 Å². The molecule has 1 rings (SSSR count). The highest BCUT2D eigenvalue weighted by Crippen LogP contribution is 2.38. The first-order valence-electron chi connectivity index (χ1n) is 4.81. The number of aryl methyl sites for hydroxylation is 1. The molecular weight excluding hydrogens is 375 g/mol. The largest absolute Gasteiger partial charge is 0.238 e. The monoisotopic (exact) mass is 381 g/mol. The Morgan fingerprint density at radius 1 is 1.16 bits per heavy atom. The van der Waals surface area contributed by atoms with Gasteiger partial charge < -0.3 is 0 Å². The summed E-state index contributed by atoms with van der Waals surface area (Å²) in [5.74, 6) is 0. The van der Waals surface area contributed by atoms with Gasteiger partial charge in [-0.2, -0.15) is 0 Å². The maximum Gasteiger partial charge on any atom is 0.227 e. The van der Waals surface area contributed by atoms with Crippen LogP contribution in [0.25, 0.3) is 0 Å². The van der Waals surface area contributed by atoms with E-state index in [1.807, 2.05) is 6.92 Å². The second kappa shape index (κ2) is 6.37. The van der Waals surface area contributed by atoms with E-state index in [1.54, 1.807) is 12.1 Å². The van der Waals surface area contributed by atoms with E-state index in [1.165, 1.54) is 12.1 Å². The number of benzene rings is 1. The SMILES string of the molecule is Cc1ccc(S(=O)(=O)[C@H](N=C(Cl)Cl)C(Cl)(Cl)Cl)cc1. The molecule has 0 amide bonds. The van der Waals surface area contributed by atoms with Gasteiger partial charge in [-0.05, 0) is 42.3 Å². The van der Waals surface area contributed by atoms with Crippen LogP contribution in [0.2, 0.25) is 0 Å². The highest BCUT2D eigenvalue weighted by atomic mass is 35.6. The Kier molecular flexibility index (Phi) is 5.82. The van der Waals surface area contributed by atoms with Crippen molar-refractivity contribution < 1.29 is 8.42 Å². The third kappa shape index (κ3) is 4.66. The van der Waals surface area contributed by atoms with Crippen molar-refractivity contribution in [3.05, 3.63) is 29.8 Å². The summed E-state index contributed by atoms with van der Waals surface area (Å²) in [6.45, 7) is 1.82. The van der Waals surface area contributed by atoms with Gasteiger partial charge in [0.1, 0.15) is 0 Å². The van der Waals surface area contributed by atoms with Crippen LogP contribution in [0.4, 0.5) is 0 Å². The van der Waals surface area contributed by atoms with E-state index in [0.29, 0.717) is 0 Å². The summed E-state index contributed by atoms with van der Waals surface area (Å²) in [4.78, 5) is 3.45. The van der Waals surface area contributed by atoms with Crippen molar-refractivity contribution in [2.45, 2.75) is 21.0 Å². The summed E-state index contributed by atoms with van der Waals surface area (Å²) in [5, 5.41) is -1.72. The summed E-state index contributed by atoms with van der Waals surface area (Å²) < 4.78 is 22.0. The Morgan fingerprint density at radius 2 is 1.63 bits per heavy atom. The molecule has 1 aromatic carbocycles. The van der Waals surface area contributed by atoms with Crippen LogP contribution in [0.5, 0.6) is 0 Å². The molecule has 0 heterocycles. The fourth-order valence-electron chi connectivity index (χ4n) is 1.26. The van der Waals surface area contributed by atoms with E-state index in [0.717, 1.165) is 5.56 Å². The average molecular weight is 384 g/mol. The van der Waals surface area contributed by atoms with E-state index in [9.17, 15) is 8.42 Å². The maximum atomic E-state index is 12.3. The fourth-order valence-corrected chi connectivity index (χ4v) is 4.15. The molecule has 0 bridgehead atoms. The van der Waals surface area contributed by atoms with E-state index >= 15 is 0 Å². The van der Waals surface area contributed by atoms with E-state index < -0.39 is 23.6 Å². The first kappa shape index (κ1) is 17.3. The van der Waals surface area contributed by atoms with Crippen LogP contribution in [0.1, 0.15) is 5.56 Å². The molecule has 9 heteroatoms. The van der Waals surface area contributed by atoms with Gasteiger partial charge in [0.05, 0.1) is 4.90 Å². The molecule has 106 valence electrons. The van der Waals surface area contributed by atoms with Crippen molar-refractivity contribution in [1.29, 1.82) is 0 Å². The standard InChI is InChI=1S/C10H8Cl5NO2S/c1-6-2-4-7(5-3-6)19(17,18)8(10(13,14)15)16-9(11)12/h2-5,8H,1H3/t8-/m0/s1. The van der Waals surface area contributed by atoms with Crippen LogP contribution in [0, 0.1) is 6.92 Å². The van der Waals surface area contributed by atoms with Gasteiger partial charge in [-0.25, -0.2) is 13.4 Å². The minimum atomic E-state index is -4.02. The lowest BCUT2D eigenvalue weighted by molar-refractivity contribution is 0.582. The van der Waals surface area contributed by atoms with Gasteiger partial charge in [-0.15, -0.1) is 0 Å². The molecular formula is C10H8Cl5NO2S. The molecule has 0 aliphatic carbocycles. The number of hydrogen-bond acceptors (Lipinski definition) is 3. The van der Waals surface area contributed by atoms with Crippen molar-refractivity contribution in [2.24, 2.45) is 4.99 Å². The molecule has 0 N–H and O–H groups in total. The molecule has 0 fully saturated rings. The Balaban J connectivity index is 3.36. The normalized spacial score (nSPS) is 14.0. The third-order valence-corrected chi connectivity index (χ3v) is 5.32. The molecule has 0 saturated heterocycles. The summed E-state index contributed by atoms with van der Waals surface area (Å²) in [7, 11) is -4.02. The second-order valence-corrected chi connectivity index (χ2v) is 8.91. The molecule has 1 aromatic rings. The quantitative estimate of drug-likeness (QED) is 0.577. The zero-order valence-electron chi connectivity index (χ0n) is 9.45. The predicted octanol–water partition coefficient (Wildman–Crippen LogP) is 4.30. The number of sulfone groups is 1. The van der Waals surface area contributed by atoms with Crippen LogP contribution >= 0.6 is 58.0 Å². The van der Waals surface area contributed by atoms with Crippen molar-refractivity contribution in [3.8, 4) is 0 Å². The van der Waals surface area contributed by atoms with Crippen molar-refractivity contribution in [2.75, 3.05) is 0 Å². The minimum Gasteiger partial charge on any atom is -0.238 e. The van der Waals surface area contributed by atoms with Gasteiger partial charge >= 0.3 is 0 Å². The van der Waals surface area contributed by atoms with Crippen molar-refractivity contribution in [1.82, 2.24) is 0 Å². The Bertz CT molecular complexity index is 573. The van der Waals surface area contributed by atoms with Crippen molar-refractivity contribution in [3.63, 3.8) is 0 Å². The summed E-state index contributed by atoms with van der Waals surface area (Å²) in [5.41, 5.74) is 0.892. The number of rotatable bonds is 3. The molecule has 3 nitrogen and oxygen atoms in total. The van der Waals surface area contributed by atoms with Gasteiger partial charge in [-0.3, -0.25) is 0 Å². The molecule has 0 radical (unpaired) electrons. The van der Waals surface area contributed by atoms with Gasteiger partial charge in [0.15, 0.2) is 4.63 Å². The molecule has 1 atom stereocenters. The molecule has 0 unspecified atom stereocenters. The zero-order chi connectivity index (χ0) is 14.8. The first-order chi connectivity index (χ1) is 8.55. The number of nitrogens with zero attached hydrogens (tertiary/aromatic N) is 1. The Labute approximate surface area is 136 Å². The van der Waals surface area contributed by atoms with Crippen molar-refractivity contribution >= 4 is 72.5 Å². The van der Waals surface area contributed by atoms with Crippen LogP contribution in [0.3, 0.4) is 0 Å². The van der Waals surface area contributed by atoms with Crippen LogP contribution < -0.4 is 0 Å². The lowest BCUT2D eigenvalue weighted by Gasteiger charge is -2.20. The smallest absolute Gasteiger partial charge is 0.227 e. The predicted molar refractivity (Wildman–Crippen MR) is 81.6 cm³/mol. The van der Waals surface area contributed by atoms with Crippen LogP contribution in [-0.2, 0) is 9.84 Å². The first-order valence-corrected chi connectivity index (χ1v) is 8.25. The van der Waals surface area contributed by atoms with E-state index in [-0.39, 0.29) is 4.90 Å². The number of alkyl halides is 3. The lowest BCUT2D eigenvalue weighted by Crippen LogP contribution is -2.33.